The summed E-state index contributed by atoms with van der Waals surface area (Å²) >= 11 is 0. The van der Waals surface area contributed by atoms with Crippen LogP contribution in [0.2, 0.25) is 0 Å². The van der Waals surface area contributed by atoms with Gasteiger partial charge in [0.15, 0.2) is 5.54 Å². The molecule has 182 valence electrons. The molecule has 0 saturated heterocycles. The van der Waals surface area contributed by atoms with Crippen molar-refractivity contribution in [3.05, 3.63) is 101 Å². The van der Waals surface area contributed by atoms with E-state index in [1.807, 2.05) is 24.3 Å². The van der Waals surface area contributed by atoms with Gasteiger partial charge in [0.2, 0.25) is 0 Å². The minimum absolute atomic E-state index is 0.0487. The molecule has 2 N–H and O–H groups in total. The van der Waals surface area contributed by atoms with Crippen LogP contribution in [-0.2, 0) is 23.2 Å². The number of hydrogen-bond acceptors (Lipinski definition) is 3. The van der Waals surface area contributed by atoms with Gasteiger partial charge < -0.3 is 15.1 Å². The third-order valence-electron chi connectivity index (χ3n) is 6.51. The van der Waals surface area contributed by atoms with Crippen molar-refractivity contribution in [3.63, 3.8) is 0 Å². The Kier molecular flexibility index (Phi) is 6.92. The van der Waals surface area contributed by atoms with Crippen molar-refractivity contribution < 1.29 is 23.8 Å². The Labute approximate surface area is 204 Å². The summed E-state index contributed by atoms with van der Waals surface area (Å²) in [7, 11) is 0. The number of phenols is 1. The van der Waals surface area contributed by atoms with Gasteiger partial charge in [-0.25, -0.2) is 13.6 Å². The van der Waals surface area contributed by atoms with Gasteiger partial charge in [-0.15, -0.1) is 0 Å². The van der Waals surface area contributed by atoms with Crippen LogP contribution in [0.4, 0.5) is 14.5 Å². The van der Waals surface area contributed by atoms with E-state index in [4.69, 9.17) is 5.11 Å². The second kappa shape index (κ2) is 9.90. The molecule has 0 aromatic heterocycles. The lowest BCUT2D eigenvalue weighted by atomic mass is 9.75. The van der Waals surface area contributed by atoms with Gasteiger partial charge >= 0.3 is 5.97 Å². The molecule has 1 aliphatic rings. The fraction of sp³-hybridized carbons (Fsp3) is 0.276. The van der Waals surface area contributed by atoms with Crippen molar-refractivity contribution in [2.75, 3.05) is 11.4 Å². The zero-order valence-electron chi connectivity index (χ0n) is 19.8. The van der Waals surface area contributed by atoms with E-state index in [-0.39, 0.29) is 5.75 Å². The molecule has 3 aromatic carbocycles. The van der Waals surface area contributed by atoms with Crippen LogP contribution in [0.5, 0.6) is 5.75 Å². The fourth-order valence-corrected chi connectivity index (χ4v) is 5.02. The van der Waals surface area contributed by atoms with Gasteiger partial charge in [-0.05, 0) is 76.9 Å². The SMILES string of the molecule is CC(C)Cc1ccc(N2CCc3cc(O)ccc3[C@@]2(c2ccc(/C=C/C(=O)O)cc2)C(F)F)cc1. The zero-order valence-corrected chi connectivity index (χ0v) is 19.8. The predicted molar refractivity (Wildman–Crippen MR) is 134 cm³/mol. The van der Waals surface area contributed by atoms with Crippen molar-refractivity contribution in [3.8, 4) is 5.75 Å². The highest BCUT2D eigenvalue weighted by atomic mass is 19.3. The van der Waals surface area contributed by atoms with E-state index in [2.05, 4.69) is 13.8 Å². The molecule has 0 fully saturated rings. The zero-order chi connectivity index (χ0) is 25.2. The average molecular weight is 478 g/mol. The molecule has 0 aliphatic carbocycles. The number of halogens is 2. The van der Waals surface area contributed by atoms with Gasteiger partial charge in [-0.3, -0.25) is 0 Å². The van der Waals surface area contributed by atoms with Crippen LogP contribution in [0.1, 0.15) is 41.7 Å². The lowest BCUT2D eigenvalue weighted by Gasteiger charge is -2.49. The maximum Gasteiger partial charge on any atom is 0.328 e. The molecule has 1 atom stereocenters. The van der Waals surface area contributed by atoms with Crippen molar-refractivity contribution in [2.45, 2.75) is 38.7 Å². The monoisotopic (exact) mass is 477 g/mol. The summed E-state index contributed by atoms with van der Waals surface area (Å²) in [5, 5.41) is 18.9. The minimum atomic E-state index is -2.78. The molecule has 4 rings (SSSR count). The van der Waals surface area contributed by atoms with Crippen LogP contribution in [0.3, 0.4) is 0 Å². The maximum absolute atomic E-state index is 15.4. The predicted octanol–water partition coefficient (Wildman–Crippen LogP) is 6.26. The van der Waals surface area contributed by atoms with E-state index in [1.165, 1.54) is 12.1 Å². The number of rotatable bonds is 7. The normalized spacial score (nSPS) is 17.8. The van der Waals surface area contributed by atoms with Gasteiger partial charge in [0, 0.05) is 18.3 Å². The van der Waals surface area contributed by atoms with E-state index in [0.29, 0.717) is 46.8 Å². The van der Waals surface area contributed by atoms with Crippen LogP contribution in [0.25, 0.3) is 6.08 Å². The maximum atomic E-state index is 15.4. The second-order valence-corrected chi connectivity index (χ2v) is 9.37. The lowest BCUT2D eigenvalue weighted by molar-refractivity contribution is -0.131. The summed E-state index contributed by atoms with van der Waals surface area (Å²) in [6.07, 6.45) is 1.10. The highest BCUT2D eigenvalue weighted by molar-refractivity contribution is 5.85. The standard InChI is InChI=1S/C29H29F2NO3/c1-19(2)17-21-5-10-24(11-6-21)32-16-15-22-18-25(33)12-13-26(22)29(32,28(30)31)23-8-3-20(4-9-23)7-14-27(34)35/h3-14,18-19,28,33H,15-17H2,1-2H3,(H,34,35)/b14-7+/t29-/m0/s1. The van der Waals surface area contributed by atoms with Crippen LogP contribution in [0.15, 0.2) is 72.8 Å². The van der Waals surface area contributed by atoms with Gasteiger partial charge in [0.05, 0.1) is 0 Å². The first-order chi connectivity index (χ1) is 16.7. The van der Waals surface area contributed by atoms with Crippen LogP contribution in [-0.4, -0.2) is 29.2 Å². The van der Waals surface area contributed by atoms with Crippen molar-refractivity contribution in [2.24, 2.45) is 5.92 Å². The van der Waals surface area contributed by atoms with E-state index in [1.54, 1.807) is 41.3 Å². The van der Waals surface area contributed by atoms with Gasteiger partial charge in [0.25, 0.3) is 6.43 Å². The van der Waals surface area contributed by atoms with Crippen molar-refractivity contribution in [1.82, 2.24) is 0 Å². The molecule has 0 spiro atoms. The Hall–Kier alpha value is -3.67. The first kappa shape index (κ1) is 24.5. The topological polar surface area (TPSA) is 60.8 Å². The molecule has 0 saturated carbocycles. The number of aliphatic carboxylic acids is 1. The van der Waals surface area contributed by atoms with E-state index in [0.717, 1.165) is 18.1 Å². The number of aromatic hydroxyl groups is 1. The number of benzene rings is 3. The number of alkyl halides is 2. The number of carboxylic acid groups (broad SMARTS) is 1. The Morgan fingerprint density at radius 2 is 1.74 bits per heavy atom. The third kappa shape index (κ3) is 4.78. The number of carbonyl (C=O) groups is 1. The molecule has 0 bridgehead atoms. The van der Waals surface area contributed by atoms with E-state index < -0.39 is 17.9 Å². The summed E-state index contributed by atoms with van der Waals surface area (Å²) in [6, 6.07) is 19.0. The summed E-state index contributed by atoms with van der Waals surface area (Å²) in [6.45, 7) is 4.63. The molecule has 3 aromatic rings. The number of nitrogens with zero attached hydrogens (tertiary/aromatic N) is 1. The highest BCUT2D eigenvalue weighted by Crippen LogP contribution is 2.48. The lowest BCUT2D eigenvalue weighted by Crippen LogP contribution is -2.56. The largest absolute Gasteiger partial charge is 0.508 e. The fourth-order valence-electron chi connectivity index (χ4n) is 5.02. The first-order valence-electron chi connectivity index (χ1n) is 11.7. The summed E-state index contributed by atoms with van der Waals surface area (Å²) in [4.78, 5) is 12.6. The molecular formula is C29H29F2NO3. The van der Waals surface area contributed by atoms with Crippen LogP contribution >= 0.6 is 0 Å². The molecular weight excluding hydrogens is 448 g/mol. The third-order valence-corrected chi connectivity index (χ3v) is 6.51. The van der Waals surface area contributed by atoms with E-state index in [9.17, 15) is 9.90 Å². The Balaban J connectivity index is 1.87. The Morgan fingerprint density at radius 3 is 2.34 bits per heavy atom. The second-order valence-electron chi connectivity index (χ2n) is 9.37. The highest BCUT2D eigenvalue weighted by Gasteiger charge is 2.51. The average Bonchev–Trinajstić information content (AvgIpc) is 2.82. The van der Waals surface area contributed by atoms with Gasteiger partial charge in [-0.2, -0.15) is 0 Å². The number of fused-ring (bicyclic) bond motifs is 1. The molecule has 35 heavy (non-hydrogen) atoms. The molecule has 0 radical (unpaired) electrons. The Morgan fingerprint density at radius 1 is 1.06 bits per heavy atom. The summed E-state index contributed by atoms with van der Waals surface area (Å²) in [5.74, 6) is -0.539. The number of anilines is 1. The first-order valence-corrected chi connectivity index (χ1v) is 11.7. The molecule has 4 nitrogen and oxygen atoms in total. The van der Waals surface area contributed by atoms with Crippen molar-refractivity contribution >= 4 is 17.7 Å². The molecule has 0 unspecified atom stereocenters. The van der Waals surface area contributed by atoms with Crippen LogP contribution < -0.4 is 4.90 Å². The molecule has 1 heterocycles. The molecule has 0 amide bonds. The molecule has 6 heteroatoms. The smallest absolute Gasteiger partial charge is 0.328 e. The number of hydrogen-bond donors (Lipinski definition) is 2. The van der Waals surface area contributed by atoms with E-state index >= 15 is 8.78 Å². The Bertz CT molecular complexity index is 1220. The minimum Gasteiger partial charge on any atom is -0.508 e. The van der Waals surface area contributed by atoms with Gasteiger partial charge in [-0.1, -0.05) is 56.3 Å². The summed E-state index contributed by atoms with van der Waals surface area (Å²) in [5.41, 5.74) is 2.24. The van der Waals surface area contributed by atoms with Crippen LogP contribution in [0, 0.1) is 5.92 Å². The van der Waals surface area contributed by atoms with Gasteiger partial charge in [0.1, 0.15) is 5.75 Å². The number of phenolic OH excluding ortho intramolecular Hbond substituents is 1. The number of carboxylic acids is 1. The quantitative estimate of drug-likeness (QED) is 0.394. The summed E-state index contributed by atoms with van der Waals surface area (Å²) < 4.78 is 30.8. The molecule has 1 aliphatic heterocycles. The van der Waals surface area contributed by atoms with Crippen molar-refractivity contribution in [1.29, 1.82) is 0 Å².